The summed E-state index contributed by atoms with van der Waals surface area (Å²) in [6.45, 7) is 0.816. The third kappa shape index (κ3) is 3.45. The second kappa shape index (κ2) is 7.26. The molecule has 3 heterocycles. The van der Waals surface area contributed by atoms with Crippen molar-refractivity contribution in [2.24, 2.45) is 0 Å². The maximum Gasteiger partial charge on any atom is 0.243 e. The van der Waals surface area contributed by atoms with Crippen molar-refractivity contribution in [2.45, 2.75) is 37.8 Å². The predicted octanol–water partition coefficient (Wildman–Crippen LogP) is 2.01. The SMILES string of the molecule is O=C1C[C@H](C(=O)N2CCC[C@@H]2C(=O)NCc2ccco2)c2ccccc2N1. The summed E-state index contributed by atoms with van der Waals surface area (Å²) in [7, 11) is 0. The number of amides is 3. The number of anilines is 1. The van der Waals surface area contributed by atoms with Gasteiger partial charge in [-0.1, -0.05) is 18.2 Å². The van der Waals surface area contributed by atoms with E-state index in [-0.39, 0.29) is 24.1 Å². The summed E-state index contributed by atoms with van der Waals surface area (Å²) in [5, 5.41) is 5.64. The number of fused-ring (bicyclic) bond motifs is 1. The summed E-state index contributed by atoms with van der Waals surface area (Å²) < 4.78 is 5.23. The minimum absolute atomic E-state index is 0.104. The zero-order valence-corrected chi connectivity index (χ0v) is 14.8. The zero-order valence-electron chi connectivity index (χ0n) is 14.8. The van der Waals surface area contributed by atoms with Crippen LogP contribution in [-0.4, -0.2) is 35.2 Å². The highest BCUT2D eigenvalue weighted by atomic mass is 16.3. The van der Waals surface area contributed by atoms with Crippen LogP contribution >= 0.6 is 0 Å². The molecule has 0 aliphatic carbocycles. The zero-order chi connectivity index (χ0) is 18.8. The van der Waals surface area contributed by atoms with Gasteiger partial charge < -0.3 is 20.0 Å². The molecule has 0 saturated carbocycles. The number of hydrogen-bond acceptors (Lipinski definition) is 4. The second-order valence-electron chi connectivity index (χ2n) is 6.88. The number of furan rings is 1. The number of hydrogen-bond donors (Lipinski definition) is 2. The first-order chi connectivity index (χ1) is 13.1. The second-order valence-corrected chi connectivity index (χ2v) is 6.88. The fraction of sp³-hybridized carbons (Fsp3) is 0.350. The molecule has 2 aromatic rings. The molecule has 0 spiro atoms. The van der Waals surface area contributed by atoms with Gasteiger partial charge in [0.2, 0.25) is 17.7 Å². The quantitative estimate of drug-likeness (QED) is 0.865. The summed E-state index contributed by atoms with van der Waals surface area (Å²) >= 11 is 0. The lowest BCUT2D eigenvalue weighted by Crippen LogP contribution is -2.48. The van der Waals surface area contributed by atoms with Gasteiger partial charge in [-0.25, -0.2) is 0 Å². The van der Waals surface area contributed by atoms with Gasteiger partial charge in [0.15, 0.2) is 0 Å². The molecule has 0 unspecified atom stereocenters. The lowest BCUT2D eigenvalue weighted by molar-refractivity contribution is -0.140. The van der Waals surface area contributed by atoms with Crippen LogP contribution in [0.15, 0.2) is 47.1 Å². The molecule has 2 N–H and O–H groups in total. The summed E-state index contributed by atoms with van der Waals surface area (Å²) in [6, 6.07) is 10.4. The average Bonchev–Trinajstić information content (AvgIpc) is 3.36. The summed E-state index contributed by atoms with van der Waals surface area (Å²) in [5.74, 6) is -0.408. The van der Waals surface area contributed by atoms with E-state index in [2.05, 4.69) is 10.6 Å². The largest absolute Gasteiger partial charge is 0.467 e. The van der Waals surface area contributed by atoms with Crippen LogP contribution < -0.4 is 10.6 Å². The Morgan fingerprint density at radius 3 is 2.89 bits per heavy atom. The number of likely N-dealkylation sites (tertiary alicyclic amines) is 1. The molecule has 1 saturated heterocycles. The molecular weight excluding hydrogens is 346 g/mol. The van der Waals surface area contributed by atoms with Crippen LogP contribution in [0.4, 0.5) is 5.69 Å². The van der Waals surface area contributed by atoms with Gasteiger partial charge in [-0.2, -0.15) is 0 Å². The standard InChI is InChI=1S/C20H21N3O4/c24-18-11-15(14-6-1-2-7-16(14)22-18)20(26)23-9-3-8-17(23)19(25)21-12-13-5-4-10-27-13/h1-2,4-7,10,15,17H,3,8-9,11-12H2,(H,21,25)(H,22,24)/t15-,17+/m0/s1. The molecule has 140 valence electrons. The highest BCUT2D eigenvalue weighted by Crippen LogP contribution is 2.35. The number of carbonyl (C=O) groups excluding carboxylic acids is 3. The monoisotopic (exact) mass is 367 g/mol. The number of nitrogens with zero attached hydrogens (tertiary/aromatic N) is 1. The molecule has 7 heteroatoms. The van der Waals surface area contributed by atoms with Crippen molar-refractivity contribution >= 4 is 23.4 Å². The van der Waals surface area contributed by atoms with Gasteiger partial charge in [-0.15, -0.1) is 0 Å². The van der Waals surface area contributed by atoms with E-state index in [0.29, 0.717) is 31.0 Å². The molecule has 1 fully saturated rings. The van der Waals surface area contributed by atoms with Crippen LogP contribution in [0.2, 0.25) is 0 Å². The van der Waals surface area contributed by atoms with Crippen molar-refractivity contribution in [1.82, 2.24) is 10.2 Å². The Bertz CT molecular complexity index is 862. The van der Waals surface area contributed by atoms with E-state index in [1.54, 1.807) is 29.4 Å². The van der Waals surface area contributed by atoms with Crippen molar-refractivity contribution < 1.29 is 18.8 Å². The Labute approximate surface area is 156 Å². The molecule has 2 aliphatic heterocycles. The van der Waals surface area contributed by atoms with Crippen molar-refractivity contribution in [1.29, 1.82) is 0 Å². The molecule has 2 aliphatic rings. The third-order valence-corrected chi connectivity index (χ3v) is 5.15. The normalized spacial score (nSPS) is 21.5. The molecule has 0 bridgehead atoms. The molecule has 7 nitrogen and oxygen atoms in total. The van der Waals surface area contributed by atoms with E-state index < -0.39 is 12.0 Å². The van der Waals surface area contributed by atoms with Crippen LogP contribution in [0.3, 0.4) is 0 Å². The molecule has 1 aromatic heterocycles. The van der Waals surface area contributed by atoms with Crippen molar-refractivity contribution in [3.8, 4) is 0 Å². The van der Waals surface area contributed by atoms with Crippen molar-refractivity contribution in [2.75, 3.05) is 11.9 Å². The molecule has 4 rings (SSSR count). The minimum Gasteiger partial charge on any atom is -0.467 e. The number of para-hydroxylation sites is 1. The van der Waals surface area contributed by atoms with Crippen LogP contribution in [0.25, 0.3) is 0 Å². The van der Waals surface area contributed by atoms with E-state index in [4.69, 9.17) is 4.42 Å². The summed E-state index contributed by atoms with van der Waals surface area (Å²) in [4.78, 5) is 39.5. The molecule has 27 heavy (non-hydrogen) atoms. The van der Waals surface area contributed by atoms with E-state index >= 15 is 0 Å². The van der Waals surface area contributed by atoms with E-state index in [1.807, 2.05) is 18.2 Å². The highest BCUT2D eigenvalue weighted by Gasteiger charge is 2.40. The van der Waals surface area contributed by atoms with E-state index in [1.165, 1.54) is 0 Å². The van der Waals surface area contributed by atoms with Crippen LogP contribution in [0.5, 0.6) is 0 Å². The van der Waals surface area contributed by atoms with Crippen LogP contribution in [0, 0.1) is 0 Å². The number of rotatable bonds is 4. The van der Waals surface area contributed by atoms with Crippen molar-refractivity contribution in [3.05, 3.63) is 54.0 Å². The number of carbonyl (C=O) groups is 3. The molecule has 3 amide bonds. The van der Waals surface area contributed by atoms with Gasteiger partial charge in [-0.3, -0.25) is 14.4 Å². The first kappa shape index (κ1) is 17.3. The summed E-state index contributed by atoms with van der Waals surface area (Å²) in [6.07, 6.45) is 3.05. The Kier molecular flexibility index (Phi) is 4.66. The Hall–Kier alpha value is -3.09. The predicted molar refractivity (Wildman–Crippen MR) is 97.7 cm³/mol. The van der Waals surface area contributed by atoms with Crippen LogP contribution in [-0.2, 0) is 20.9 Å². The smallest absolute Gasteiger partial charge is 0.243 e. The Morgan fingerprint density at radius 1 is 1.22 bits per heavy atom. The van der Waals surface area contributed by atoms with Gasteiger partial charge in [0.1, 0.15) is 11.8 Å². The number of nitrogens with one attached hydrogen (secondary N) is 2. The number of benzene rings is 1. The van der Waals surface area contributed by atoms with Gasteiger partial charge in [0.25, 0.3) is 0 Å². The van der Waals surface area contributed by atoms with Gasteiger partial charge in [-0.05, 0) is 36.6 Å². The first-order valence-electron chi connectivity index (χ1n) is 9.13. The molecular formula is C20H21N3O4. The van der Waals surface area contributed by atoms with Crippen molar-refractivity contribution in [3.63, 3.8) is 0 Å². The minimum atomic E-state index is -0.548. The van der Waals surface area contributed by atoms with E-state index in [0.717, 1.165) is 12.0 Å². The third-order valence-electron chi connectivity index (χ3n) is 5.15. The highest BCUT2D eigenvalue weighted by molar-refractivity contribution is 6.02. The molecule has 0 radical (unpaired) electrons. The van der Waals surface area contributed by atoms with Crippen LogP contribution in [0.1, 0.15) is 36.5 Å². The average molecular weight is 367 g/mol. The molecule has 2 atom stereocenters. The fourth-order valence-corrected chi connectivity index (χ4v) is 3.84. The van der Waals surface area contributed by atoms with Gasteiger partial charge >= 0.3 is 0 Å². The summed E-state index contributed by atoms with van der Waals surface area (Å²) in [5.41, 5.74) is 1.48. The topological polar surface area (TPSA) is 91.7 Å². The fourth-order valence-electron chi connectivity index (χ4n) is 3.84. The Morgan fingerprint density at radius 2 is 2.07 bits per heavy atom. The van der Waals surface area contributed by atoms with Gasteiger partial charge in [0.05, 0.1) is 18.7 Å². The lowest BCUT2D eigenvalue weighted by atomic mass is 9.89. The molecule has 1 aromatic carbocycles. The maximum absolute atomic E-state index is 13.2. The maximum atomic E-state index is 13.2. The van der Waals surface area contributed by atoms with E-state index in [9.17, 15) is 14.4 Å². The lowest BCUT2D eigenvalue weighted by Gasteiger charge is -2.31. The Balaban J connectivity index is 1.49. The van der Waals surface area contributed by atoms with Gasteiger partial charge in [0, 0.05) is 18.7 Å². The first-order valence-corrected chi connectivity index (χ1v) is 9.13.